The Labute approximate surface area is 266 Å². The minimum atomic E-state index is -0.352. The molecule has 3 N–H and O–H groups in total. The van der Waals surface area contributed by atoms with Crippen molar-refractivity contribution >= 4 is 23.3 Å². The number of aromatic amines is 1. The highest BCUT2D eigenvalue weighted by Crippen LogP contribution is 2.33. The topological polar surface area (TPSA) is 140 Å². The number of aryl methyl sites for hydroxylation is 1. The summed E-state index contributed by atoms with van der Waals surface area (Å²) in [5.74, 6) is 0.342. The van der Waals surface area contributed by atoms with E-state index in [0.29, 0.717) is 48.0 Å². The summed E-state index contributed by atoms with van der Waals surface area (Å²) in [4.78, 5) is 56.7. The van der Waals surface area contributed by atoms with Crippen molar-refractivity contribution in [2.45, 2.75) is 51.4 Å². The Bertz CT molecular complexity index is 1860. The molecule has 238 valence electrons. The van der Waals surface area contributed by atoms with Gasteiger partial charge in [0.2, 0.25) is 5.91 Å². The van der Waals surface area contributed by atoms with Gasteiger partial charge < -0.3 is 24.9 Å². The summed E-state index contributed by atoms with van der Waals surface area (Å²) in [6.45, 7) is 2.44. The molecule has 12 heteroatoms. The van der Waals surface area contributed by atoms with Crippen LogP contribution in [0.25, 0.3) is 11.3 Å². The van der Waals surface area contributed by atoms with Crippen molar-refractivity contribution in [3.63, 3.8) is 0 Å². The number of piperazine rings is 1. The van der Waals surface area contributed by atoms with Crippen LogP contribution in [0.2, 0.25) is 0 Å². The van der Waals surface area contributed by atoms with Crippen LogP contribution in [0.4, 0.5) is 11.5 Å². The molecule has 46 heavy (non-hydrogen) atoms. The fourth-order valence-electron chi connectivity index (χ4n) is 6.96. The number of nitrogens with zero attached hydrogens (tertiary/aromatic N) is 6. The second kappa shape index (κ2) is 12.2. The Hall–Kier alpha value is -4.81. The SMILES string of the molecule is CN1CCN(C)[C@H](c2ccc(NCc3nc(-c4ccnc(N5CCn6c(cc7c6CCCC7)C5=O)c4CO)c[nH]c3=O)cc2)C1=O. The molecule has 2 amide bonds. The largest absolute Gasteiger partial charge is 0.392 e. The number of pyridine rings is 1. The first-order valence-electron chi connectivity index (χ1n) is 15.8. The molecule has 0 unspecified atom stereocenters. The summed E-state index contributed by atoms with van der Waals surface area (Å²) >= 11 is 0. The molecule has 3 aliphatic rings. The van der Waals surface area contributed by atoms with Crippen molar-refractivity contribution in [3.05, 3.63) is 92.9 Å². The number of anilines is 2. The lowest BCUT2D eigenvalue weighted by Gasteiger charge is -2.37. The molecule has 0 spiro atoms. The summed E-state index contributed by atoms with van der Waals surface area (Å²) in [7, 11) is 3.78. The average molecular weight is 623 g/mol. The molecule has 1 atom stereocenters. The van der Waals surface area contributed by atoms with Crippen LogP contribution in [0.15, 0.2) is 53.6 Å². The maximum absolute atomic E-state index is 13.7. The highest BCUT2D eigenvalue weighted by molar-refractivity contribution is 6.06. The lowest BCUT2D eigenvalue weighted by atomic mass is 9.98. The van der Waals surface area contributed by atoms with Gasteiger partial charge in [0.15, 0.2) is 0 Å². The molecule has 1 saturated heterocycles. The zero-order valence-electron chi connectivity index (χ0n) is 26.1. The van der Waals surface area contributed by atoms with E-state index in [4.69, 9.17) is 0 Å². The van der Waals surface area contributed by atoms with Crippen molar-refractivity contribution < 1.29 is 14.7 Å². The van der Waals surface area contributed by atoms with Gasteiger partial charge in [-0.05, 0) is 68.1 Å². The van der Waals surface area contributed by atoms with Crippen LogP contribution in [0.1, 0.15) is 57.5 Å². The Morgan fingerprint density at radius 3 is 2.61 bits per heavy atom. The van der Waals surface area contributed by atoms with E-state index in [-0.39, 0.29) is 42.3 Å². The molecule has 1 aliphatic carbocycles. The number of hydrogen-bond donors (Lipinski definition) is 3. The van der Waals surface area contributed by atoms with E-state index in [0.717, 1.165) is 43.5 Å². The summed E-state index contributed by atoms with van der Waals surface area (Å²) in [6, 6.07) is 11.1. The van der Waals surface area contributed by atoms with Crippen LogP contribution in [0, 0.1) is 0 Å². The van der Waals surface area contributed by atoms with E-state index in [9.17, 15) is 19.5 Å². The first kappa shape index (κ1) is 29.9. The second-order valence-electron chi connectivity index (χ2n) is 12.3. The molecule has 7 rings (SSSR count). The van der Waals surface area contributed by atoms with E-state index in [1.165, 1.54) is 17.5 Å². The number of H-pyrrole nitrogens is 1. The minimum Gasteiger partial charge on any atom is -0.392 e. The molecule has 3 aromatic heterocycles. The van der Waals surface area contributed by atoms with Gasteiger partial charge in [-0.15, -0.1) is 0 Å². The number of aliphatic hydroxyl groups excluding tert-OH is 1. The fraction of sp³-hybridized carbons (Fsp3) is 0.382. The molecule has 2 aliphatic heterocycles. The molecule has 1 aromatic carbocycles. The summed E-state index contributed by atoms with van der Waals surface area (Å²) in [5, 5.41) is 13.8. The first-order chi connectivity index (χ1) is 22.3. The molecule has 0 bridgehead atoms. The summed E-state index contributed by atoms with van der Waals surface area (Å²) in [6.07, 6.45) is 7.39. The molecular weight excluding hydrogens is 584 g/mol. The zero-order valence-corrected chi connectivity index (χ0v) is 26.1. The smallest absolute Gasteiger partial charge is 0.276 e. The number of carbonyl (C=O) groups is 2. The third kappa shape index (κ3) is 5.27. The van der Waals surface area contributed by atoms with E-state index in [2.05, 4.69) is 29.7 Å². The number of nitrogens with one attached hydrogen (secondary N) is 2. The van der Waals surface area contributed by atoms with Gasteiger partial charge >= 0.3 is 0 Å². The number of hydrogen-bond acceptors (Lipinski definition) is 8. The lowest BCUT2D eigenvalue weighted by Crippen LogP contribution is -2.48. The Morgan fingerprint density at radius 1 is 1.00 bits per heavy atom. The Morgan fingerprint density at radius 2 is 1.80 bits per heavy atom. The van der Waals surface area contributed by atoms with Gasteiger partial charge in [0.05, 0.1) is 18.8 Å². The van der Waals surface area contributed by atoms with Gasteiger partial charge in [-0.1, -0.05) is 12.1 Å². The minimum absolute atomic E-state index is 0.0708. The van der Waals surface area contributed by atoms with Crippen LogP contribution in [-0.4, -0.2) is 80.0 Å². The van der Waals surface area contributed by atoms with Gasteiger partial charge in [-0.25, -0.2) is 9.97 Å². The van der Waals surface area contributed by atoms with E-state index >= 15 is 0 Å². The molecule has 12 nitrogen and oxygen atoms in total. The van der Waals surface area contributed by atoms with E-state index in [1.807, 2.05) is 44.4 Å². The summed E-state index contributed by atoms with van der Waals surface area (Å²) in [5.41, 5.74) is 6.36. The van der Waals surface area contributed by atoms with Crippen molar-refractivity contribution in [2.75, 3.05) is 43.9 Å². The number of fused-ring (bicyclic) bond motifs is 3. The van der Waals surface area contributed by atoms with Crippen molar-refractivity contribution in [1.29, 1.82) is 0 Å². The van der Waals surface area contributed by atoms with Gasteiger partial charge in [-0.2, -0.15) is 0 Å². The van der Waals surface area contributed by atoms with Crippen LogP contribution in [0.5, 0.6) is 0 Å². The van der Waals surface area contributed by atoms with E-state index < -0.39 is 0 Å². The predicted octanol–water partition coefficient (Wildman–Crippen LogP) is 2.72. The summed E-state index contributed by atoms with van der Waals surface area (Å²) < 4.78 is 2.15. The van der Waals surface area contributed by atoms with Gasteiger partial charge in [0.1, 0.15) is 23.2 Å². The van der Waals surface area contributed by atoms with Crippen molar-refractivity contribution in [2.24, 2.45) is 0 Å². The maximum Gasteiger partial charge on any atom is 0.276 e. The van der Waals surface area contributed by atoms with Crippen molar-refractivity contribution in [1.82, 2.24) is 29.3 Å². The second-order valence-corrected chi connectivity index (χ2v) is 12.3. The molecule has 0 saturated carbocycles. The number of rotatable bonds is 7. The lowest BCUT2D eigenvalue weighted by molar-refractivity contribution is -0.139. The average Bonchev–Trinajstić information content (AvgIpc) is 3.46. The van der Waals surface area contributed by atoms with Gasteiger partial charge in [-0.3, -0.25) is 24.2 Å². The maximum atomic E-state index is 13.7. The molecule has 1 fully saturated rings. The Kier molecular flexibility index (Phi) is 7.91. The van der Waals surface area contributed by atoms with Crippen LogP contribution >= 0.6 is 0 Å². The van der Waals surface area contributed by atoms with Crippen molar-refractivity contribution in [3.8, 4) is 11.3 Å². The fourth-order valence-corrected chi connectivity index (χ4v) is 6.96. The van der Waals surface area contributed by atoms with Gasteiger partial charge in [0, 0.05) is 68.1 Å². The van der Waals surface area contributed by atoms with Crippen LogP contribution < -0.4 is 15.8 Å². The highest BCUT2D eigenvalue weighted by Gasteiger charge is 2.33. The third-order valence-electron chi connectivity index (χ3n) is 9.53. The number of carbonyl (C=O) groups excluding carboxylic acids is 2. The number of likely N-dealkylation sites (N-methyl/N-ethyl adjacent to an activating group) is 2. The molecule has 4 aromatic rings. The standard InChI is InChI=1S/C34H38N8O4/c1-39-13-14-40(2)34(46)30(39)21-7-9-23(10-8-21)36-19-27-32(44)37-18-26(38-27)24-11-12-35-31(25(24)20-43)42-16-15-41-28-6-4-3-5-22(28)17-29(41)33(42)45/h7-12,17-18,30,36,43H,3-6,13-16,19-20H2,1-2H3,(H,37,44)/t30-/m1/s1. The van der Waals surface area contributed by atoms with Gasteiger partial charge in [0.25, 0.3) is 11.5 Å². The third-order valence-corrected chi connectivity index (χ3v) is 9.53. The van der Waals surface area contributed by atoms with Crippen LogP contribution in [0.3, 0.4) is 0 Å². The number of aromatic nitrogens is 4. The Balaban J connectivity index is 1.11. The molecule has 5 heterocycles. The van der Waals surface area contributed by atoms with Crippen LogP contribution in [-0.2, 0) is 37.3 Å². The monoisotopic (exact) mass is 622 g/mol. The quantitative estimate of drug-likeness (QED) is 0.286. The number of amides is 2. The highest BCUT2D eigenvalue weighted by atomic mass is 16.3. The number of benzene rings is 1. The number of aliphatic hydroxyl groups is 1. The normalized spacial score (nSPS) is 18.5. The zero-order chi connectivity index (χ0) is 31.9. The molecular formula is C34H38N8O4. The van der Waals surface area contributed by atoms with E-state index in [1.54, 1.807) is 22.1 Å². The first-order valence-corrected chi connectivity index (χ1v) is 15.8. The predicted molar refractivity (Wildman–Crippen MR) is 174 cm³/mol. The molecule has 0 radical (unpaired) electrons.